The van der Waals surface area contributed by atoms with Gasteiger partial charge in [-0.2, -0.15) is 0 Å². The summed E-state index contributed by atoms with van der Waals surface area (Å²) in [6.07, 6.45) is 1.76. The molecule has 0 radical (unpaired) electrons. The number of piperazine rings is 1. The summed E-state index contributed by atoms with van der Waals surface area (Å²) in [6.45, 7) is 10.6. The molecular formula is C19H31N5O2. The molecule has 1 unspecified atom stereocenters. The zero-order valence-corrected chi connectivity index (χ0v) is 16.1. The van der Waals surface area contributed by atoms with Crippen molar-refractivity contribution < 1.29 is 9.53 Å². The second kappa shape index (κ2) is 8.31. The van der Waals surface area contributed by atoms with Crippen LogP contribution in [0.15, 0.2) is 6.07 Å². The maximum absolute atomic E-state index is 12.8. The molecule has 2 fully saturated rings. The van der Waals surface area contributed by atoms with Crippen molar-refractivity contribution in [3.05, 3.63) is 17.6 Å². The third kappa shape index (κ3) is 4.32. The second-order valence-corrected chi connectivity index (χ2v) is 7.67. The zero-order chi connectivity index (χ0) is 18.7. The molecule has 0 aliphatic carbocycles. The van der Waals surface area contributed by atoms with E-state index in [2.05, 4.69) is 23.7 Å². The van der Waals surface area contributed by atoms with E-state index in [0.717, 1.165) is 43.3 Å². The van der Waals surface area contributed by atoms with Gasteiger partial charge < -0.3 is 20.3 Å². The lowest BCUT2D eigenvalue weighted by Gasteiger charge is -2.38. The molecule has 1 atom stereocenters. The molecule has 3 rings (SSSR count). The van der Waals surface area contributed by atoms with E-state index in [1.165, 1.54) is 0 Å². The fourth-order valence-electron chi connectivity index (χ4n) is 3.64. The number of rotatable bonds is 4. The highest BCUT2D eigenvalue weighted by molar-refractivity contribution is 5.82. The Morgan fingerprint density at radius 3 is 2.46 bits per heavy atom. The molecule has 144 valence electrons. The quantitative estimate of drug-likeness (QED) is 0.870. The van der Waals surface area contributed by atoms with E-state index in [-0.39, 0.29) is 11.8 Å². The second-order valence-electron chi connectivity index (χ2n) is 7.67. The Balaban J connectivity index is 1.59. The minimum Gasteiger partial charge on any atom is -0.381 e. The highest BCUT2D eigenvalue weighted by Gasteiger charge is 2.31. The lowest BCUT2D eigenvalue weighted by molar-refractivity contribution is -0.135. The van der Waals surface area contributed by atoms with Gasteiger partial charge >= 0.3 is 0 Å². The van der Waals surface area contributed by atoms with E-state index in [4.69, 9.17) is 15.5 Å². The van der Waals surface area contributed by atoms with Crippen LogP contribution in [0.3, 0.4) is 0 Å². The topological polar surface area (TPSA) is 84.6 Å². The number of anilines is 1. The van der Waals surface area contributed by atoms with Crippen LogP contribution in [-0.4, -0.2) is 66.2 Å². The molecule has 26 heavy (non-hydrogen) atoms. The Morgan fingerprint density at radius 2 is 1.85 bits per heavy atom. The first kappa shape index (κ1) is 19.0. The number of amides is 1. The van der Waals surface area contributed by atoms with Crippen molar-refractivity contribution in [1.82, 2.24) is 14.9 Å². The van der Waals surface area contributed by atoms with Gasteiger partial charge in [0.25, 0.3) is 0 Å². The molecule has 2 N–H and O–H groups in total. The van der Waals surface area contributed by atoms with Gasteiger partial charge in [-0.25, -0.2) is 9.97 Å². The summed E-state index contributed by atoms with van der Waals surface area (Å²) in [4.78, 5) is 26.1. The summed E-state index contributed by atoms with van der Waals surface area (Å²) < 4.78 is 5.37. The Morgan fingerprint density at radius 1 is 1.19 bits per heavy atom. The number of carbonyl (C=O) groups excluding carboxylic acids is 1. The van der Waals surface area contributed by atoms with Gasteiger partial charge in [-0.1, -0.05) is 13.8 Å². The van der Waals surface area contributed by atoms with Gasteiger partial charge in [0.05, 0.1) is 6.04 Å². The summed E-state index contributed by atoms with van der Waals surface area (Å²) in [6, 6.07) is 1.62. The van der Waals surface area contributed by atoms with Crippen LogP contribution < -0.4 is 10.6 Å². The van der Waals surface area contributed by atoms with Crippen molar-refractivity contribution in [3.63, 3.8) is 0 Å². The molecule has 7 nitrogen and oxygen atoms in total. The maximum atomic E-state index is 12.8. The van der Waals surface area contributed by atoms with Crippen LogP contribution in [0.25, 0.3) is 0 Å². The number of nitrogens with two attached hydrogens (primary N) is 1. The number of ether oxygens (including phenoxy) is 1. The highest BCUT2D eigenvalue weighted by atomic mass is 16.5. The number of aromatic nitrogens is 2. The van der Waals surface area contributed by atoms with Crippen LogP contribution in [0.2, 0.25) is 0 Å². The average Bonchev–Trinajstić information content (AvgIpc) is 2.67. The summed E-state index contributed by atoms with van der Waals surface area (Å²) in [7, 11) is 0. The van der Waals surface area contributed by atoms with Crippen molar-refractivity contribution >= 4 is 11.7 Å². The number of hydrogen-bond donors (Lipinski definition) is 1. The minimum atomic E-state index is -0.403. The first-order valence-corrected chi connectivity index (χ1v) is 9.68. The Hall–Kier alpha value is -1.73. The van der Waals surface area contributed by atoms with Gasteiger partial charge in [0.1, 0.15) is 11.6 Å². The van der Waals surface area contributed by atoms with Crippen molar-refractivity contribution in [2.75, 3.05) is 44.3 Å². The smallest absolute Gasteiger partial charge is 0.239 e. The molecule has 1 aromatic rings. The van der Waals surface area contributed by atoms with Crippen LogP contribution in [0, 0.1) is 12.8 Å². The number of nitrogens with zero attached hydrogens (tertiary/aromatic N) is 4. The van der Waals surface area contributed by atoms with E-state index in [1.807, 2.05) is 17.9 Å². The molecular weight excluding hydrogens is 330 g/mol. The van der Waals surface area contributed by atoms with E-state index < -0.39 is 6.04 Å². The molecule has 0 saturated carbocycles. The van der Waals surface area contributed by atoms with Crippen molar-refractivity contribution in [2.24, 2.45) is 11.7 Å². The molecule has 0 spiro atoms. The van der Waals surface area contributed by atoms with Crippen LogP contribution in [0.4, 0.5) is 5.82 Å². The first-order chi connectivity index (χ1) is 12.5. The molecule has 3 heterocycles. The largest absolute Gasteiger partial charge is 0.381 e. The van der Waals surface area contributed by atoms with Crippen LogP contribution in [0.1, 0.15) is 44.1 Å². The molecule has 2 aliphatic heterocycles. The Labute approximate surface area is 155 Å². The third-order valence-electron chi connectivity index (χ3n) is 5.35. The molecule has 2 aliphatic rings. The molecule has 1 aromatic heterocycles. The van der Waals surface area contributed by atoms with Gasteiger partial charge in [-0.05, 0) is 25.7 Å². The van der Waals surface area contributed by atoms with E-state index in [1.54, 1.807) is 0 Å². The molecule has 7 heteroatoms. The van der Waals surface area contributed by atoms with E-state index in [9.17, 15) is 4.79 Å². The predicted molar refractivity (Wildman–Crippen MR) is 101 cm³/mol. The zero-order valence-electron chi connectivity index (χ0n) is 16.1. The number of hydrogen-bond acceptors (Lipinski definition) is 6. The SMILES string of the molecule is Cc1cc(N2CCN(C(=O)C(N)C3CCOCC3)CC2)nc(C(C)C)n1. The van der Waals surface area contributed by atoms with Gasteiger partial charge in [0.15, 0.2) is 0 Å². The van der Waals surface area contributed by atoms with Gasteiger partial charge in [-0.3, -0.25) is 4.79 Å². The van der Waals surface area contributed by atoms with Crippen molar-refractivity contribution in [1.29, 1.82) is 0 Å². The van der Waals surface area contributed by atoms with Crippen LogP contribution >= 0.6 is 0 Å². The predicted octanol–water partition coefficient (Wildman–Crippen LogP) is 1.31. The summed E-state index contributed by atoms with van der Waals surface area (Å²) in [5, 5.41) is 0. The normalized spacial score (nSPS) is 20.5. The molecule has 2 saturated heterocycles. The number of carbonyl (C=O) groups is 1. The lowest BCUT2D eigenvalue weighted by Crippen LogP contribution is -2.55. The van der Waals surface area contributed by atoms with Crippen LogP contribution in [0.5, 0.6) is 0 Å². The third-order valence-corrected chi connectivity index (χ3v) is 5.35. The average molecular weight is 361 g/mol. The minimum absolute atomic E-state index is 0.0817. The summed E-state index contributed by atoms with van der Waals surface area (Å²) >= 11 is 0. The lowest BCUT2D eigenvalue weighted by atomic mass is 9.91. The van der Waals surface area contributed by atoms with Crippen molar-refractivity contribution in [3.8, 4) is 0 Å². The summed E-state index contributed by atoms with van der Waals surface area (Å²) in [5.74, 6) is 2.46. The Kier molecular flexibility index (Phi) is 6.09. The Bertz CT molecular complexity index is 622. The molecule has 1 amide bonds. The van der Waals surface area contributed by atoms with Gasteiger partial charge in [0.2, 0.25) is 5.91 Å². The van der Waals surface area contributed by atoms with E-state index >= 15 is 0 Å². The maximum Gasteiger partial charge on any atom is 0.239 e. The fraction of sp³-hybridized carbons (Fsp3) is 0.737. The number of aryl methyl sites for hydroxylation is 1. The molecule has 0 aromatic carbocycles. The fourth-order valence-corrected chi connectivity index (χ4v) is 3.64. The van der Waals surface area contributed by atoms with Crippen LogP contribution in [-0.2, 0) is 9.53 Å². The highest BCUT2D eigenvalue weighted by Crippen LogP contribution is 2.21. The van der Waals surface area contributed by atoms with E-state index in [0.29, 0.717) is 32.2 Å². The van der Waals surface area contributed by atoms with Gasteiger partial charge in [-0.15, -0.1) is 0 Å². The van der Waals surface area contributed by atoms with Crippen molar-refractivity contribution in [2.45, 2.75) is 45.6 Å². The summed E-state index contributed by atoms with van der Waals surface area (Å²) in [5.41, 5.74) is 7.25. The standard InChI is InChI=1S/C19H31N5O2/c1-13(2)18-21-14(3)12-16(22-18)23-6-8-24(9-7-23)19(25)17(20)15-4-10-26-11-5-15/h12-13,15,17H,4-11,20H2,1-3H3. The first-order valence-electron chi connectivity index (χ1n) is 9.68. The monoisotopic (exact) mass is 361 g/mol. The molecule has 0 bridgehead atoms. The van der Waals surface area contributed by atoms with Gasteiger partial charge in [0, 0.05) is 57.1 Å².